The highest BCUT2D eigenvalue weighted by Crippen LogP contribution is 2.43. The average molecular weight is 418 g/mol. The molecule has 2 N–H and O–H groups in total. The third-order valence-electron chi connectivity index (χ3n) is 5.80. The van der Waals surface area contributed by atoms with Crippen LogP contribution in [0.5, 0.6) is 0 Å². The first kappa shape index (κ1) is 19.3. The molecule has 1 fully saturated rings. The first-order valence-corrected chi connectivity index (χ1v) is 10.0. The second-order valence-electron chi connectivity index (χ2n) is 7.40. The third kappa shape index (κ3) is 3.30. The molecule has 1 heterocycles. The molecule has 6 heteroatoms. The second kappa shape index (κ2) is 7.43. The fourth-order valence-corrected chi connectivity index (χ4v) is 4.49. The number of ether oxygens (including phenoxy) is 1. The number of amides is 1. The van der Waals surface area contributed by atoms with Crippen LogP contribution in [-0.2, 0) is 9.53 Å². The van der Waals surface area contributed by atoms with Crippen molar-refractivity contribution >= 4 is 34.7 Å². The Hall–Kier alpha value is -2.01. The van der Waals surface area contributed by atoms with Gasteiger partial charge in [-0.3, -0.25) is 4.79 Å². The lowest BCUT2D eigenvalue weighted by molar-refractivity contribution is -0.116. The molecular weight excluding hydrogens is 397 g/mol. The molecule has 1 aliphatic heterocycles. The van der Waals surface area contributed by atoms with E-state index < -0.39 is 5.54 Å². The molecule has 4 rings (SSSR count). The standard InChI is InChI=1S/C22H21Cl2NO3/c1-28-16-8-10-22(11-9-16)20(26)19(21(27)25-22)17-12-14(4-7-18(17)24)13-2-5-15(23)6-3-13/h2-7,12,16,26H,8-11H2,1H3,(H,25,27)/t16-,22-. The van der Waals surface area contributed by atoms with Gasteiger partial charge in [0.15, 0.2) is 0 Å². The Morgan fingerprint density at radius 3 is 2.36 bits per heavy atom. The number of nitrogens with one attached hydrogen (secondary N) is 1. The van der Waals surface area contributed by atoms with E-state index in [0.29, 0.717) is 28.5 Å². The first-order chi connectivity index (χ1) is 13.4. The van der Waals surface area contributed by atoms with Gasteiger partial charge in [0.2, 0.25) is 0 Å². The van der Waals surface area contributed by atoms with Crippen LogP contribution in [0.4, 0.5) is 0 Å². The van der Waals surface area contributed by atoms with Crippen LogP contribution in [0.15, 0.2) is 48.2 Å². The molecule has 0 aromatic heterocycles. The number of carbonyl (C=O) groups is 1. The molecule has 28 heavy (non-hydrogen) atoms. The van der Waals surface area contributed by atoms with Gasteiger partial charge in [-0.1, -0.05) is 41.4 Å². The lowest BCUT2D eigenvalue weighted by Gasteiger charge is -2.36. The van der Waals surface area contributed by atoms with Crippen molar-refractivity contribution in [3.8, 4) is 11.1 Å². The fraction of sp³-hybridized carbons (Fsp3) is 0.318. The van der Waals surface area contributed by atoms with E-state index in [0.717, 1.165) is 24.0 Å². The van der Waals surface area contributed by atoms with E-state index in [1.807, 2.05) is 36.4 Å². The summed E-state index contributed by atoms with van der Waals surface area (Å²) in [6.45, 7) is 0. The molecule has 0 radical (unpaired) electrons. The van der Waals surface area contributed by atoms with Gasteiger partial charge in [0, 0.05) is 22.7 Å². The summed E-state index contributed by atoms with van der Waals surface area (Å²) in [4.78, 5) is 12.8. The van der Waals surface area contributed by atoms with Crippen LogP contribution in [0.25, 0.3) is 16.7 Å². The van der Waals surface area contributed by atoms with Crippen LogP contribution < -0.4 is 5.32 Å². The SMILES string of the molecule is CO[C@H]1CC[C@@]2(CC1)NC(=O)C(c1cc(-c3ccc(Cl)cc3)ccc1Cl)=C2O. The number of hydrogen-bond acceptors (Lipinski definition) is 3. The number of halogens is 2. The van der Waals surface area contributed by atoms with E-state index in [4.69, 9.17) is 27.9 Å². The van der Waals surface area contributed by atoms with Crippen molar-refractivity contribution in [2.45, 2.75) is 37.3 Å². The van der Waals surface area contributed by atoms with Crippen LogP contribution in [-0.4, -0.2) is 29.8 Å². The maximum absolute atomic E-state index is 12.8. The number of carbonyl (C=O) groups excluding carboxylic acids is 1. The van der Waals surface area contributed by atoms with Crippen molar-refractivity contribution in [3.05, 3.63) is 63.8 Å². The molecule has 146 valence electrons. The molecule has 1 aliphatic carbocycles. The maximum Gasteiger partial charge on any atom is 0.256 e. The number of aliphatic hydroxyl groups excluding tert-OH is 1. The van der Waals surface area contributed by atoms with E-state index >= 15 is 0 Å². The van der Waals surface area contributed by atoms with Gasteiger partial charge < -0.3 is 15.2 Å². The summed E-state index contributed by atoms with van der Waals surface area (Å²) in [5.74, 6) is -0.203. The zero-order chi connectivity index (χ0) is 19.9. The molecule has 1 spiro atoms. The van der Waals surface area contributed by atoms with E-state index in [-0.39, 0.29) is 23.3 Å². The summed E-state index contributed by atoms with van der Waals surface area (Å²) >= 11 is 12.4. The molecule has 2 aromatic rings. The molecule has 0 saturated heterocycles. The summed E-state index contributed by atoms with van der Waals surface area (Å²) in [6.07, 6.45) is 3.01. The van der Waals surface area contributed by atoms with Gasteiger partial charge in [-0.25, -0.2) is 0 Å². The zero-order valence-electron chi connectivity index (χ0n) is 15.5. The van der Waals surface area contributed by atoms with Gasteiger partial charge in [-0.05, 0) is 61.1 Å². The third-order valence-corrected chi connectivity index (χ3v) is 6.38. The predicted octanol–water partition coefficient (Wildman–Crippen LogP) is 5.39. The number of methoxy groups -OCH3 is 1. The summed E-state index contributed by atoms with van der Waals surface area (Å²) in [6, 6.07) is 12.9. The molecule has 2 aromatic carbocycles. The monoisotopic (exact) mass is 417 g/mol. The fourth-order valence-electron chi connectivity index (χ4n) is 4.16. The lowest BCUT2D eigenvalue weighted by Crippen LogP contribution is -2.48. The zero-order valence-corrected chi connectivity index (χ0v) is 17.0. The molecule has 4 nitrogen and oxygen atoms in total. The molecule has 2 aliphatic rings. The second-order valence-corrected chi connectivity index (χ2v) is 8.24. The largest absolute Gasteiger partial charge is 0.509 e. The molecule has 1 amide bonds. The molecule has 0 bridgehead atoms. The Labute approximate surface area is 174 Å². The van der Waals surface area contributed by atoms with Gasteiger partial charge in [-0.2, -0.15) is 0 Å². The Morgan fingerprint density at radius 2 is 1.71 bits per heavy atom. The van der Waals surface area contributed by atoms with Crippen LogP contribution in [0, 0.1) is 0 Å². The van der Waals surface area contributed by atoms with Gasteiger partial charge in [0.1, 0.15) is 5.76 Å². The van der Waals surface area contributed by atoms with Crippen molar-refractivity contribution < 1.29 is 14.6 Å². The van der Waals surface area contributed by atoms with Gasteiger partial charge >= 0.3 is 0 Å². The molecule has 0 atom stereocenters. The molecular formula is C22H21Cl2NO3. The average Bonchev–Trinajstić information content (AvgIpc) is 2.93. The highest BCUT2D eigenvalue weighted by atomic mass is 35.5. The van der Waals surface area contributed by atoms with E-state index in [1.54, 1.807) is 13.2 Å². The highest BCUT2D eigenvalue weighted by Gasteiger charge is 2.48. The predicted molar refractivity (Wildman–Crippen MR) is 112 cm³/mol. The quantitative estimate of drug-likeness (QED) is 0.703. The van der Waals surface area contributed by atoms with E-state index in [9.17, 15) is 9.90 Å². The van der Waals surface area contributed by atoms with Crippen LogP contribution in [0.1, 0.15) is 31.2 Å². The Bertz CT molecular complexity index is 945. The minimum atomic E-state index is -0.721. The van der Waals surface area contributed by atoms with Crippen molar-refractivity contribution in [1.29, 1.82) is 0 Å². The minimum Gasteiger partial charge on any atom is -0.509 e. The van der Waals surface area contributed by atoms with Gasteiger partial charge in [0.25, 0.3) is 5.91 Å². The summed E-state index contributed by atoms with van der Waals surface area (Å²) in [5.41, 5.74) is 1.93. The van der Waals surface area contributed by atoms with Gasteiger partial charge in [-0.15, -0.1) is 0 Å². The normalized spacial score (nSPS) is 24.7. The summed E-state index contributed by atoms with van der Waals surface area (Å²) in [7, 11) is 1.69. The topological polar surface area (TPSA) is 58.6 Å². The number of aliphatic hydroxyl groups is 1. The Kier molecular flexibility index (Phi) is 5.13. The summed E-state index contributed by atoms with van der Waals surface area (Å²) in [5, 5.41) is 15.1. The van der Waals surface area contributed by atoms with Crippen molar-refractivity contribution in [2.24, 2.45) is 0 Å². The van der Waals surface area contributed by atoms with Crippen LogP contribution >= 0.6 is 23.2 Å². The van der Waals surface area contributed by atoms with Gasteiger partial charge in [0.05, 0.1) is 17.2 Å². The highest BCUT2D eigenvalue weighted by molar-refractivity contribution is 6.36. The molecule has 0 unspecified atom stereocenters. The number of hydrogen-bond donors (Lipinski definition) is 2. The van der Waals surface area contributed by atoms with E-state index in [2.05, 4.69) is 5.32 Å². The van der Waals surface area contributed by atoms with Crippen molar-refractivity contribution in [3.63, 3.8) is 0 Å². The van der Waals surface area contributed by atoms with Crippen molar-refractivity contribution in [1.82, 2.24) is 5.32 Å². The van der Waals surface area contributed by atoms with Crippen LogP contribution in [0.2, 0.25) is 10.0 Å². The Morgan fingerprint density at radius 1 is 1.07 bits per heavy atom. The maximum atomic E-state index is 12.8. The number of benzene rings is 2. The van der Waals surface area contributed by atoms with E-state index in [1.165, 1.54) is 0 Å². The summed E-state index contributed by atoms with van der Waals surface area (Å²) < 4.78 is 5.42. The number of rotatable bonds is 3. The smallest absolute Gasteiger partial charge is 0.256 e. The minimum absolute atomic E-state index is 0.0854. The van der Waals surface area contributed by atoms with Crippen molar-refractivity contribution in [2.75, 3.05) is 7.11 Å². The lowest BCUT2D eigenvalue weighted by atomic mass is 9.79. The Balaban J connectivity index is 1.74. The van der Waals surface area contributed by atoms with Crippen LogP contribution in [0.3, 0.4) is 0 Å². The first-order valence-electron chi connectivity index (χ1n) is 9.28. The molecule has 1 saturated carbocycles.